The number of hydrogen-bond donors (Lipinski definition) is 1. The summed E-state index contributed by atoms with van der Waals surface area (Å²) in [5.74, 6) is 0.267. The van der Waals surface area contributed by atoms with Gasteiger partial charge in [-0.2, -0.15) is 0 Å². The van der Waals surface area contributed by atoms with Crippen molar-refractivity contribution >= 4 is 17.9 Å². The molecule has 108 valence electrons. The molecule has 0 radical (unpaired) electrons. The third-order valence-corrected chi connectivity index (χ3v) is 3.63. The van der Waals surface area contributed by atoms with Gasteiger partial charge in [-0.05, 0) is 30.9 Å². The Labute approximate surface area is 117 Å². The first-order chi connectivity index (χ1) is 9.56. The van der Waals surface area contributed by atoms with Crippen molar-refractivity contribution in [3.63, 3.8) is 0 Å². The number of hydrogen-bond acceptors (Lipinski definition) is 4. The van der Waals surface area contributed by atoms with E-state index in [1.165, 1.54) is 30.7 Å². The maximum absolute atomic E-state index is 11.8. The Hall–Kier alpha value is -2.11. The van der Waals surface area contributed by atoms with Crippen LogP contribution in [0.25, 0.3) is 6.08 Å². The average molecular weight is 278 g/mol. The summed E-state index contributed by atoms with van der Waals surface area (Å²) >= 11 is 0. The molecule has 1 amide bonds. The second kappa shape index (κ2) is 6.36. The highest BCUT2D eigenvalue weighted by Gasteiger charge is 2.21. The molecule has 6 heteroatoms. The van der Waals surface area contributed by atoms with Gasteiger partial charge in [0.25, 0.3) is 0 Å². The quantitative estimate of drug-likeness (QED) is 0.521. The minimum atomic E-state index is -0.610. The zero-order valence-electron chi connectivity index (χ0n) is 11.4. The zero-order valence-corrected chi connectivity index (χ0v) is 11.4. The van der Waals surface area contributed by atoms with Gasteiger partial charge in [-0.3, -0.25) is 14.9 Å². The molecule has 0 spiro atoms. The molecule has 1 aromatic heterocycles. The lowest BCUT2D eigenvalue weighted by molar-refractivity contribution is -0.402. The number of carbonyl (C=O) groups excluding carboxylic acids is 1. The summed E-state index contributed by atoms with van der Waals surface area (Å²) in [4.78, 5) is 21.6. The predicted molar refractivity (Wildman–Crippen MR) is 74.0 cm³/mol. The van der Waals surface area contributed by atoms with Gasteiger partial charge >= 0.3 is 5.88 Å². The van der Waals surface area contributed by atoms with Crippen LogP contribution in [0.3, 0.4) is 0 Å². The van der Waals surface area contributed by atoms with E-state index in [1.807, 2.05) is 0 Å². The Morgan fingerprint density at radius 3 is 2.85 bits per heavy atom. The first kappa shape index (κ1) is 14.3. The molecule has 0 saturated heterocycles. The molecule has 6 nitrogen and oxygen atoms in total. The average Bonchev–Trinajstić information content (AvgIpc) is 2.88. The smallest absolute Gasteiger partial charge is 0.401 e. The first-order valence-corrected chi connectivity index (χ1v) is 6.79. The molecular weight excluding hydrogens is 260 g/mol. The Kier molecular flexibility index (Phi) is 4.55. The molecule has 0 bridgehead atoms. The van der Waals surface area contributed by atoms with E-state index in [-0.39, 0.29) is 17.8 Å². The molecule has 1 aliphatic carbocycles. The van der Waals surface area contributed by atoms with Gasteiger partial charge in [0.1, 0.15) is 10.7 Å². The van der Waals surface area contributed by atoms with Gasteiger partial charge in [-0.15, -0.1) is 0 Å². The molecule has 1 aliphatic rings. The summed E-state index contributed by atoms with van der Waals surface area (Å²) in [5, 5.41) is 13.4. The van der Waals surface area contributed by atoms with Crippen LogP contribution in [0.2, 0.25) is 0 Å². The molecule has 20 heavy (non-hydrogen) atoms. The molecule has 2 atom stereocenters. The number of nitrogens with zero attached hydrogens (tertiary/aromatic N) is 1. The first-order valence-electron chi connectivity index (χ1n) is 6.79. The van der Waals surface area contributed by atoms with Crippen LogP contribution in [0.1, 0.15) is 38.4 Å². The fourth-order valence-corrected chi connectivity index (χ4v) is 2.45. The van der Waals surface area contributed by atoms with E-state index in [2.05, 4.69) is 12.2 Å². The molecule has 1 saturated carbocycles. The maximum atomic E-state index is 11.8. The highest BCUT2D eigenvalue weighted by Crippen LogP contribution is 2.23. The molecule has 0 aliphatic heterocycles. The summed E-state index contributed by atoms with van der Waals surface area (Å²) in [7, 11) is 0. The van der Waals surface area contributed by atoms with E-state index in [1.54, 1.807) is 0 Å². The van der Waals surface area contributed by atoms with Crippen molar-refractivity contribution in [1.82, 2.24) is 5.32 Å². The van der Waals surface area contributed by atoms with Crippen molar-refractivity contribution in [2.75, 3.05) is 0 Å². The number of carbonyl (C=O) groups is 1. The SMILES string of the molecule is C[C@@H]1CCCC[C@H]1NC(=O)/C=C/c1ccc([N+](=O)[O-])o1. The van der Waals surface area contributed by atoms with E-state index in [0.29, 0.717) is 11.7 Å². The van der Waals surface area contributed by atoms with Gasteiger partial charge < -0.3 is 9.73 Å². The zero-order chi connectivity index (χ0) is 14.5. The van der Waals surface area contributed by atoms with E-state index >= 15 is 0 Å². The van der Waals surface area contributed by atoms with E-state index < -0.39 is 4.92 Å². The Morgan fingerprint density at radius 2 is 2.20 bits per heavy atom. The standard InChI is InChI=1S/C14H18N2O4/c1-10-4-2-3-5-12(10)15-13(17)8-6-11-7-9-14(20-11)16(18)19/h6-10,12H,2-5H2,1H3,(H,15,17)/b8-6+/t10-,12-/m1/s1. The van der Waals surface area contributed by atoms with Crippen LogP contribution >= 0.6 is 0 Å². The van der Waals surface area contributed by atoms with Gasteiger partial charge in [-0.25, -0.2) is 0 Å². The van der Waals surface area contributed by atoms with E-state index in [9.17, 15) is 14.9 Å². The molecule has 0 unspecified atom stereocenters. The molecule has 1 N–H and O–H groups in total. The van der Waals surface area contributed by atoms with Crippen molar-refractivity contribution in [1.29, 1.82) is 0 Å². The molecule has 1 aromatic rings. The Morgan fingerprint density at radius 1 is 1.45 bits per heavy atom. The van der Waals surface area contributed by atoms with Crippen molar-refractivity contribution < 1.29 is 14.1 Å². The summed E-state index contributed by atoms with van der Waals surface area (Å²) in [6, 6.07) is 2.94. The van der Waals surface area contributed by atoms with Crippen LogP contribution in [0, 0.1) is 16.0 Å². The Balaban J connectivity index is 1.89. The molecule has 1 heterocycles. The topological polar surface area (TPSA) is 85.4 Å². The van der Waals surface area contributed by atoms with Crippen LogP contribution < -0.4 is 5.32 Å². The fraction of sp³-hybridized carbons (Fsp3) is 0.500. The van der Waals surface area contributed by atoms with Gasteiger partial charge in [0.15, 0.2) is 0 Å². The largest absolute Gasteiger partial charge is 0.433 e. The molecule has 0 aromatic carbocycles. The van der Waals surface area contributed by atoms with Crippen molar-refractivity contribution in [2.24, 2.45) is 5.92 Å². The second-order valence-electron chi connectivity index (χ2n) is 5.14. The van der Waals surface area contributed by atoms with Crippen LogP contribution in [-0.4, -0.2) is 16.9 Å². The fourth-order valence-electron chi connectivity index (χ4n) is 2.45. The van der Waals surface area contributed by atoms with Crippen LogP contribution in [0.15, 0.2) is 22.6 Å². The summed E-state index contributed by atoms with van der Waals surface area (Å²) in [5.41, 5.74) is 0. The lowest BCUT2D eigenvalue weighted by Gasteiger charge is -2.29. The predicted octanol–water partition coefficient (Wildman–Crippen LogP) is 2.90. The Bertz CT molecular complexity index is 521. The lowest BCUT2D eigenvalue weighted by Crippen LogP contribution is -2.40. The maximum Gasteiger partial charge on any atom is 0.433 e. The molecule has 2 rings (SSSR count). The molecule has 1 fully saturated rings. The van der Waals surface area contributed by atoms with Gasteiger partial charge in [0.05, 0.1) is 6.07 Å². The van der Waals surface area contributed by atoms with Crippen LogP contribution in [0.4, 0.5) is 5.88 Å². The lowest BCUT2D eigenvalue weighted by atomic mass is 9.86. The normalized spacial score (nSPS) is 22.9. The van der Waals surface area contributed by atoms with Crippen LogP contribution in [0.5, 0.6) is 0 Å². The summed E-state index contributed by atoms with van der Waals surface area (Å²) in [6.45, 7) is 2.14. The number of nitrogens with one attached hydrogen (secondary N) is 1. The highest BCUT2D eigenvalue weighted by atomic mass is 16.6. The second-order valence-corrected chi connectivity index (χ2v) is 5.14. The number of amides is 1. The number of furan rings is 1. The van der Waals surface area contributed by atoms with Gasteiger partial charge in [0, 0.05) is 12.1 Å². The van der Waals surface area contributed by atoms with E-state index in [0.717, 1.165) is 19.3 Å². The number of nitro groups is 1. The highest BCUT2D eigenvalue weighted by molar-refractivity contribution is 5.91. The minimum absolute atomic E-state index is 0.192. The monoisotopic (exact) mass is 278 g/mol. The van der Waals surface area contributed by atoms with E-state index in [4.69, 9.17) is 4.42 Å². The van der Waals surface area contributed by atoms with Crippen LogP contribution in [-0.2, 0) is 4.79 Å². The third-order valence-electron chi connectivity index (χ3n) is 3.63. The van der Waals surface area contributed by atoms with Gasteiger partial charge in [0.2, 0.25) is 5.91 Å². The molecular formula is C14H18N2O4. The summed E-state index contributed by atoms with van der Waals surface area (Å²) < 4.78 is 4.94. The van der Waals surface area contributed by atoms with Crippen molar-refractivity contribution in [3.05, 3.63) is 34.1 Å². The number of rotatable bonds is 4. The third kappa shape index (κ3) is 3.69. The van der Waals surface area contributed by atoms with Gasteiger partial charge in [-0.1, -0.05) is 19.8 Å². The van der Waals surface area contributed by atoms with Crippen molar-refractivity contribution in [2.45, 2.75) is 38.6 Å². The minimum Gasteiger partial charge on any atom is -0.401 e. The summed E-state index contributed by atoms with van der Waals surface area (Å²) in [6.07, 6.45) is 7.30. The van der Waals surface area contributed by atoms with Crippen molar-refractivity contribution in [3.8, 4) is 0 Å².